The van der Waals surface area contributed by atoms with Crippen LogP contribution in [0.4, 0.5) is 27.2 Å². The van der Waals surface area contributed by atoms with E-state index >= 15 is 0 Å². The first-order chi connectivity index (χ1) is 31.7. The largest absolute Gasteiger partial charge is 0.454 e. The number of carbonyl (C=O) groups is 4. The van der Waals surface area contributed by atoms with Crippen LogP contribution in [-0.4, -0.2) is 72.3 Å². The summed E-state index contributed by atoms with van der Waals surface area (Å²) in [5.74, 6) is -4.49. The SMILES string of the molecule is CC1=C(c2ccc(CC(=O)c3c(F)cccc3F)cc2)CN(Cc2ccccc2)CC1.CCOC(=O)Cl.CCOC(=O)N1CCC(C)=C(c2ccc(CC(=O)c3c(F)cccc3F)cc2)C1. The molecule has 0 aliphatic carbocycles. The number of ether oxygens (including phenoxy) is 2. The van der Waals surface area contributed by atoms with Gasteiger partial charge in [0.05, 0.1) is 24.3 Å². The van der Waals surface area contributed by atoms with Crippen LogP contribution in [0.1, 0.15) is 89.1 Å². The molecule has 1 amide bonds. The fraction of sp³-hybridized carbons (Fsp3) is 0.283. The van der Waals surface area contributed by atoms with Crippen LogP contribution >= 0.6 is 11.6 Å². The number of nitrogens with zero attached hydrogens (tertiary/aromatic N) is 2. The van der Waals surface area contributed by atoms with Crippen molar-refractivity contribution in [1.82, 2.24) is 9.80 Å². The van der Waals surface area contributed by atoms with Gasteiger partial charge in [0.1, 0.15) is 23.3 Å². The maximum Gasteiger partial charge on any atom is 0.410 e. The van der Waals surface area contributed by atoms with Gasteiger partial charge in [-0.2, -0.15) is 0 Å². The summed E-state index contributed by atoms with van der Waals surface area (Å²) >= 11 is 4.72. The number of rotatable bonds is 12. The Morgan fingerprint density at radius 2 is 0.985 bits per heavy atom. The Hall–Kier alpha value is -6.37. The average Bonchev–Trinajstić information content (AvgIpc) is 3.28. The van der Waals surface area contributed by atoms with E-state index in [1.54, 1.807) is 30.9 Å². The van der Waals surface area contributed by atoms with Crippen molar-refractivity contribution in [2.45, 2.75) is 59.9 Å². The molecule has 346 valence electrons. The molecule has 0 radical (unpaired) electrons. The van der Waals surface area contributed by atoms with Crippen LogP contribution in [0, 0.1) is 23.3 Å². The Bertz CT molecular complexity index is 2510. The third-order valence-electron chi connectivity index (χ3n) is 11.2. The Morgan fingerprint density at radius 1 is 0.545 bits per heavy atom. The molecule has 0 saturated carbocycles. The van der Waals surface area contributed by atoms with E-state index in [1.807, 2.05) is 49.4 Å². The van der Waals surface area contributed by atoms with E-state index in [2.05, 4.69) is 40.8 Å². The highest BCUT2D eigenvalue weighted by Gasteiger charge is 2.24. The first kappa shape index (κ1) is 50.6. The number of amides is 1. The van der Waals surface area contributed by atoms with Gasteiger partial charge < -0.3 is 14.4 Å². The molecule has 2 heterocycles. The zero-order valence-corrected chi connectivity index (χ0v) is 38.2. The zero-order valence-electron chi connectivity index (χ0n) is 37.5. The molecule has 0 unspecified atom stereocenters. The summed E-state index contributed by atoms with van der Waals surface area (Å²) in [6.45, 7) is 12.3. The van der Waals surface area contributed by atoms with E-state index in [0.29, 0.717) is 31.9 Å². The van der Waals surface area contributed by atoms with Gasteiger partial charge in [0.15, 0.2) is 11.6 Å². The molecule has 0 saturated heterocycles. The number of hydrogen-bond donors (Lipinski definition) is 0. The lowest BCUT2D eigenvalue weighted by Crippen LogP contribution is -2.36. The number of benzene rings is 5. The molecule has 8 nitrogen and oxygen atoms in total. The average molecular weight is 925 g/mol. The summed E-state index contributed by atoms with van der Waals surface area (Å²) < 4.78 is 64.6. The fourth-order valence-electron chi connectivity index (χ4n) is 7.63. The van der Waals surface area contributed by atoms with E-state index in [0.717, 1.165) is 79.0 Å². The summed E-state index contributed by atoms with van der Waals surface area (Å²) in [4.78, 5) is 50.5. The number of ketones is 2. The van der Waals surface area contributed by atoms with Gasteiger partial charge in [0, 0.05) is 57.2 Å². The molecule has 2 aliphatic rings. The second kappa shape index (κ2) is 24.8. The Labute approximate surface area is 388 Å². The standard InChI is InChI=1S/C27H25F2NO.C23H23F2NO3.C3H5ClO2/c1-19-14-15-30(17-21-6-3-2-4-7-21)18-23(19)22-12-10-20(11-13-22)16-26(31)27-24(28)8-5-9-25(27)29;1-3-29-23(28)26-12-11-15(2)18(14-26)17-9-7-16(8-10-17)13-21(27)22-19(24)5-4-6-20(22)25;1-2-6-3(4)5/h2-13H,14-18H2,1H3;4-10H,3,11-14H2,1-2H3;2H2,1H3. The minimum atomic E-state index is -0.853. The smallest absolute Gasteiger partial charge is 0.410 e. The molecule has 2 aliphatic heterocycles. The summed E-state index contributed by atoms with van der Waals surface area (Å²) in [6.07, 6.45) is 1.34. The maximum atomic E-state index is 13.9. The van der Waals surface area contributed by atoms with Crippen molar-refractivity contribution in [1.29, 1.82) is 0 Å². The normalized spacial score (nSPS) is 13.8. The molecule has 0 fully saturated rings. The highest BCUT2D eigenvalue weighted by Crippen LogP contribution is 2.29. The maximum absolute atomic E-state index is 13.9. The van der Waals surface area contributed by atoms with Gasteiger partial charge in [-0.25, -0.2) is 27.2 Å². The lowest BCUT2D eigenvalue weighted by molar-refractivity contribution is 0.0976. The van der Waals surface area contributed by atoms with Crippen molar-refractivity contribution in [2.24, 2.45) is 0 Å². The number of hydrogen-bond acceptors (Lipinski definition) is 7. The van der Waals surface area contributed by atoms with E-state index in [9.17, 15) is 36.7 Å². The van der Waals surface area contributed by atoms with Crippen LogP contribution in [0.5, 0.6) is 0 Å². The van der Waals surface area contributed by atoms with Crippen molar-refractivity contribution >= 4 is 45.8 Å². The lowest BCUT2D eigenvalue weighted by Gasteiger charge is -2.30. The van der Waals surface area contributed by atoms with E-state index in [-0.39, 0.29) is 18.9 Å². The van der Waals surface area contributed by atoms with Gasteiger partial charge in [-0.1, -0.05) is 102 Å². The van der Waals surface area contributed by atoms with Crippen molar-refractivity contribution in [3.05, 3.63) is 189 Å². The van der Waals surface area contributed by atoms with Gasteiger partial charge in [0.2, 0.25) is 0 Å². The second-order valence-electron chi connectivity index (χ2n) is 15.8. The molecular weight excluding hydrogens is 872 g/mol. The number of halogens is 5. The Balaban J connectivity index is 0.000000221. The van der Waals surface area contributed by atoms with Crippen molar-refractivity contribution in [2.75, 3.05) is 39.4 Å². The fourth-order valence-corrected chi connectivity index (χ4v) is 7.74. The molecule has 13 heteroatoms. The summed E-state index contributed by atoms with van der Waals surface area (Å²) in [5.41, 5.74) is 8.00. The molecule has 5 aromatic rings. The highest BCUT2D eigenvalue weighted by molar-refractivity contribution is 6.61. The molecule has 0 atom stereocenters. The van der Waals surface area contributed by atoms with Crippen LogP contribution in [0.15, 0.2) is 126 Å². The van der Waals surface area contributed by atoms with Crippen LogP contribution in [0.25, 0.3) is 11.1 Å². The molecule has 5 aromatic carbocycles. The second-order valence-corrected chi connectivity index (χ2v) is 16.1. The lowest BCUT2D eigenvalue weighted by atomic mass is 9.93. The predicted molar refractivity (Wildman–Crippen MR) is 249 cm³/mol. The van der Waals surface area contributed by atoms with Gasteiger partial charge in [-0.05, 0) is 104 Å². The Kier molecular flexibility index (Phi) is 19.0. The van der Waals surface area contributed by atoms with Crippen LogP contribution in [0.3, 0.4) is 0 Å². The molecule has 7 rings (SSSR count). The first-order valence-electron chi connectivity index (χ1n) is 21.7. The van der Waals surface area contributed by atoms with Crippen molar-refractivity contribution in [3.63, 3.8) is 0 Å². The molecule has 0 N–H and O–H groups in total. The third kappa shape index (κ3) is 14.3. The topological polar surface area (TPSA) is 93.2 Å². The first-order valence-corrected chi connectivity index (χ1v) is 22.1. The van der Waals surface area contributed by atoms with Crippen molar-refractivity contribution < 1.29 is 46.2 Å². The van der Waals surface area contributed by atoms with Crippen LogP contribution in [0.2, 0.25) is 0 Å². The number of Topliss-reactive ketones (excluding diaryl/α,β-unsaturated/α-hetero) is 2. The molecule has 66 heavy (non-hydrogen) atoms. The quantitative estimate of drug-likeness (QED) is 0.0699. The third-order valence-corrected chi connectivity index (χ3v) is 11.3. The monoisotopic (exact) mass is 924 g/mol. The van der Waals surface area contributed by atoms with Gasteiger partial charge in [-0.15, -0.1) is 0 Å². The molecule has 0 aromatic heterocycles. The van der Waals surface area contributed by atoms with Gasteiger partial charge in [0.25, 0.3) is 0 Å². The van der Waals surface area contributed by atoms with E-state index in [4.69, 9.17) is 16.3 Å². The van der Waals surface area contributed by atoms with Crippen molar-refractivity contribution in [3.8, 4) is 0 Å². The zero-order chi connectivity index (χ0) is 47.8. The predicted octanol–water partition coefficient (Wildman–Crippen LogP) is 12.5. The molecular formula is C53H53ClF4N2O6. The molecule has 0 spiro atoms. The van der Waals surface area contributed by atoms with Crippen LogP contribution < -0.4 is 0 Å². The Morgan fingerprint density at radius 3 is 1.41 bits per heavy atom. The van der Waals surface area contributed by atoms with Gasteiger partial charge in [-0.3, -0.25) is 14.5 Å². The summed E-state index contributed by atoms with van der Waals surface area (Å²) in [5, 5.41) is 0. The van der Waals surface area contributed by atoms with E-state index < -0.39 is 51.4 Å². The summed E-state index contributed by atoms with van der Waals surface area (Å²) in [7, 11) is 0. The molecule has 0 bridgehead atoms. The van der Waals surface area contributed by atoms with Gasteiger partial charge >= 0.3 is 11.5 Å². The minimum absolute atomic E-state index is 0.0315. The highest BCUT2D eigenvalue weighted by atomic mass is 35.5. The van der Waals surface area contributed by atoms with E-state index in [1.165, 1.54) is 34.4 Å². The summed E-state index contributed by atoms with van der Waals surface area (Å²) in [6, 6.07) is 32.4. The number of carbonyl (C=O) groups excluding carboxylic acids is 4. The van der Waals surface area contributed by atoms with Crippen LogP contribution in [-0.2, 0) is 28.9 Å². The minimum Gasteiger partial charge on any atom is -0.454 e.